The molecule has 0 saturated heterocycles. The molecule has 0 spiro atoms. The first-order chi connectivity index (χ1) is 8.36. The number of ketones is 1. The Kier molecular flexibility index (Phi) is 5.48. The van der Waals surface area contributed by atoms with E-state index < -0.39 is 24.7 Å². The molecule has 0 bridgehead atoms. The van der Waals surface area contributed by atoms with E-state index in [1.807, 2.05) is 0 Å². The summed E-state index contributed by atoms with van der Waals surface area (Å²) in [6.45, 7) is -1.76. The third-order valence-corrected chi connectivity index (χ3v) is 2.86. The molecule has 0 aliphatic rings. The molecule has 0 atom stereocenters. The van der Waals surface area contributed by atoms with E-state index in [4.69, 9.17) is 11.6 Å². The Bertz CT molecular complexity index is 413. The summed E-state index contributed by atoms with van der Waals surface area (Å²) < 4.78 is 53.0. The van der Waals surface area contributed by atoms with Crippen molar-refractivity contribution in [2.24, 2.45) is 0 Å². The molecule has 9 heteroatoms. The molecule has 0 fully saturated rings. The van der Waals surface area contributed by atoms with Crippen molar-refractivity contribution in [1.82, 2.24) is 4.98 Å². The summed E-state index contributed by atoms with van der Waals surface area (Å²) in [7, 11) is 0. The lowest BCUT2D eigenvalue weighted by atomic mass is 10.3. The van der Waals surface area contributed by atoms with Crippen LogP contribution in [0.2, 0.25) is 0 Å². The van der Waals surface area contributed by atoms with Crippen LogP contribution in [0, 0.1) is 0 Å². The highest BCUT2D eigenvalue weighted by atomic mass is 35.5. The highest BCUT2D eigenvalue weighted by Crippen LogP contribution is 2.23. The van der Waals surface area contributed by atoms with Gasteiger partial charge in [-0.25, -0.2) is 13.8 Å². The Balaban J connectivity index is 2.45. The summed E-state index contributed by atoms with van der Waals surface area (Å²) in [6.07, 6.45) is -3.78. The number of hydrogen-bond donors (Lipinski definition) is 0. The zero-order valence-corrected chi connectivity index (χ0v) is 10.4. The van der Waals surface area contributed by atoms with Gasteiger partial charge in [-0.1, -0.05) is 0 Å². The molecule has 0 unspecified atom stereocenters. The highest BCUT2D eigenvalue weighted by Gasteiger charge is 2.40. The molecule has 102 valence electrons. The maximum absolute atomic E-state index is 12.5. The first-order valence-electron chi connectivity index (χ1n) is 4.64. The van der Waals surface area contributed by atoms with E-state index in [9.17, 15) is 22.4 Å². The van der Waals surface area contributed by atoms with E-state index in [2.05, 4.69) is 9.72 Å². The van der Waals surface area contributed by atoms with Gasteiger partial charge in [-0.05, 0) is 0 Å². The predicted molar refractivity (Wildman–Crippen MR) is 57.8 cm³/mol. The summed E-state index contributed by atoms with van der Waals surface area (Å²) in [5, 5.41) is 1.64. The van der Waals surface area contributed by atoms with Gasteiger partial charge in [0, 0.05) is 5.38 Å². The van der Waals surface area contributed by atoms with Crippen LogP contribution in [0.5, 0.6) is 0 Å². The second-order valence-electron chi connectivity index (χ2n) is 3.24. The fraction of sp³-hybridized carbons (Fsp3) is 0.556. The molecule has 1 aromatic rings. The minimum Gasteiger partial charge on any atom is -0.368 e. The van der Waals surface area contributed by atoms with Gasteiger partial charge in [0.05, 0.1) is 12.5 Å². The largest absolute Gasteiger partial charge is 0.368 e. The minimum absolute atomic E-state index is 0.106. The number of rotatable bonds is 7. The molecule has 0 N–H and O–H groups in total. The first kappa shape index (κ1) is 15.3. The number of thiazole rings is 1. The van der Waals surface area contributed by atoms with Gasteiger partial charge in [0.25, 0.3) is 0 Å². The van der Waals surface area contributed by atoms with E-state index >= 15 is 0 Å². The summed E-state index contributed by atoms with van der Waals surface area (Å²) >= 11 is 6.30. The number of carbonyl (C=O) groups excluding carboxylic acids is 1. The lowest BCUT2D eigenvalue weighted by Crippen LogP contribution is -2.32. The lowest BCUT2D eigenvalue weighted by Gasteiger charge is -2.14. The van der Waals surface area contributed by atoms with E-state index in [0.29, 0.717) is 0 Å². The SMILES string of the molecule is O=C(CCl)c1csc(COCC(F)(F)C(F)F)n1. The van der Waals surface area contributed by atoms with E-state index in [1.54, 1.807) is 0 Å². The highest BCUT2D eigenvalue weighted by molar-refractivity contribution is 7.09. The number of hydrogen-bond acceptors (Lipinski definition) is 4. The average molecular weight is 306 g/mol. The van der Waals surface area contributed by atoms with Crippen molar-refractivity contribution in [3.63, 3.8) is 0 Å². The topological polar surface area (TPSA) is 39.2 Å². The van der Waals surface area contributed by atoms with Crippen LogP contribution in [0.15, 0.2) is 5.38 Å². The second kappa shape index (κ2) is 6.44. The van der Waals surface area contributed by atoms with Crippen LogP contribution < -0.4 is 0 Å². The number of carbonyl (C=O) groups is 1. The molecule has 0 aromatic carbocycles. The van der Waals surface area contributed by atoms with Gasteiger partial charge < -0.3 is 4.74 Å². The van der Waals surface area contributed by atoms with Gasteiger partial charge in [-0.3, -0.25) is 4.79 Å². The zero-order chi connectivity index (χ0) is 13.8. The van der Waals surface area contributed by atoms with Crippen molar-refractivity contribution in [1.29, 1.82) is 0 Å². The second-order valence-corrected chi connectivity index (χ2v) is 4.45. The fourth-order valence-corrected chi connectivity index (χ4v) is 1.78. The molecular weight excluding hydrogens is 298 g/mol. The molecule has 0 aliphatic carbocycles. The van der Waals surface area contributed by atoms with E-state index in [1.165, 1.54) is 5.38 Å². The van der Waals surface area contributed by atoms with Gasteiger partial charge >= 0.3 is 12.3 Å². The Morgan fingerprint density at radius 1 is 1.56 bits per heavy atom. The number of alkyl halides is 5. The summed E-state index contributed by atoms with van der Waals surface area (Å²) in [5.41, 5.74) is 0.106. The Labute approximate surface area is 109 Å². The Hall–Kier alpha value is -0.730. The van der Waals surface area contributed by atoms with Crippen LogP contribution in [-0.4, -0.2) is 35.6 Å². The molecule has 18 heavy (non-hydrogen) atoms. The summed E-state index contributed by atoms with van der Waals surface area (Å²) in [5.74, 6) is -4.84. The van der Waals surface area contributed by atoms with Crippen LogP contribution in [0.1, 0.15) is 15.5 Å². The summed E-state index contributed by atoms with van der Waals surface area (Å²) in [6, 6.07) is 0. The number of ether oxygens (including phenoxy) is 1. The van der Waals surface area contributed by atoms with E-state index in [0.717, 1.165) is 11.3 Å². The molecule has 0 radical (unpaired) electrons. The smallest absolute Gasteiger partial charge is 0.330 e. The first-order valence-corrected chi connectivity index (χ1v) is 6.05. The van der Waals surface area contributed by atoms with Gasteiger partial charge in [0.15, 0.2) is 5.78 Å². The molecule has 0 amide bonds. The summed E-state index contributed by atoms with van der Waals surface area (Å²) in [4.78, 5) is 14.9. The van der Waals surface area contributed by atoms with Crippen LogP contribution in [0.3, 0.4) is 0 Å². The number of aromatic nitrogens is 1. The molecule has 0 saturated carbocycles. The van der Waals surface area contributed by atoms with Crippen molar-refractivity contribution >= 4 is 28.7 Å². The quantitative estimate of drug-likeness (QED) is 0.442. The van der Waals surface area contributed by atoms with Crippen LogP contribution in [0.4, 0.5) is 17.6 Å². The molecule has 0 aliphatic heterocycles. The molecule has 1 aromatic heterocycles. The van der Waals surface area contributed by atoms with Crippen molar-refractivity contribution in [3.05, 3.63) is 16.1 Å². The van der Waals surface area contributed by atoms with Crippen molar-refractivity contribution in [2.45, 2.75) is 19.0 Å². The monoisotopic (exact) mass is 305 g/mol. The maximum atomic E-state index is 12.5. The van der Waals surface area contributed by atoms with Crippen LogP contribution >= 0.6 is 22.9 Å². The maximum Gasteiger partial charge on any atom is 0.330 e. The standard InChI is InChI=1S/C9H8ClF4NO2S/c10-1-6(16)5-3-18-7(15-5)2-17-4-9(13,14)8(11)12/h3,8H,1-2,4H2. The van der Waals surface area contributed by atoms with Crippen molar-refractivity contribution in [3.8, 4) is 0 Å². The number of Topliss-reactive ketones (excluding diaryl/α,β-unsaturated/α-hetero) is 1. The average Bonchev–Trinajstić information content (AvgIpc) is 2.76. The third-order valence-electron chi connectivity index (χ3n) is 1.80. The fourth-order valence-electron chi connectivity index (χ4n) is 0.911. The van der Waals surface area contributed by atoms with Crippen molar-refractivity contribution < 1.29 is 27.1 Å². The predicted octanol–water partition coefficient (Wildman–Crippen LogP) is 2.98. The minimum atomic E-state index is -4.19. The molecule has 3 nitrogen and oxygen atoms in total. The molecule has 1 heterocycles. The lowest BCUT2D eigenvalue weighted by molar-refractivity contribution is -0.168. The van der Waals surface area contributed by atoms with Crippen molar-refractivity contribution in [2.75, 3.05) is 12.5 Å². The Morgan fingerprint density at radius 2 is 2.22 bits per heavy atom. The Morgan fingerprint density at radius 3 is 2.78 bits per heavy atom. The normalized spacial score (nSPS) is 12.1. The third kappa shape index (κ3) is 4.18. The number of halogens is 5. The van der Waals surface area contributed by atoms with Crippen LogP contribution in [-0.2, 0) is 11.3 Å². The van der Waals surface area contributed by atoms with Gasteiger partial charge in [0.1, 0.15) is 17.3 Å². The molecular formula is C9H8ClF4NO2S. The van der Waals surface area contributed by atoms with Crippen LogP contribution in [0.25, 0.3) is 0 Å². The zero-order valence-electron chi connectivity index (χ0n) is 8.84. The number of nitrogens with zero attached hydrogens (tertiary/aromatic N) is 1. The van der Waals surface area contributed by atoms with E-state index in [-0.39, 0.29) is 23.2 Å². The van der Waals surface area contributed by atoms with Gasteiger partial charge in [-0.2, -0.15) is 8.78 Å². The van der Waals surface area contributed by atoms with Gasteiger partial charge in [-0.15, -0.1) is 22.9 Å². The molecule has 1 rings (SSSR count). The van der Waals surface area contributed by atoms with Gasteiger partial charge in [0.2, 0.25) is 0 Å².